The first-order valence-electron chi connectivity index (χ1n) is 8.89. The summed E-state index contributed by atoms with van der Waals surface area (Å²) in [4.78, 5) is 36.9. The lowest BCUT2D eigenvalue weighted by Crippen LogP contribution is -2.27. The van der Waals surface area contributed by atoms with Gasteiger partial charge in [-0.05, 0) is 49.3 Å². The second-order valence-corrected chi connectivity index (χ2v) is 7.34. The number of carboxylic acids is 2. The molecule has 1 atom stereocenters. The maximum absolute atomic E-state index is 14.9. The van der Waals surface area contributed by atoms with E-state index in [2.05, 4.69) is 0 Å². The fourth-order valence-corrected chi connectivity index (χ4v) is 4.05. The average molecular weight is 411 g/mol. The number of carboxylic acid groups (broad SMARTS) is 2. The van der Waals surface area contributed by atoms with Gasteiger partial charge < -0.3 is 15.1 Å². The third-order valence-electron chi connectivity index (χ3n) is 5.54. The zero-order valence-corrected chi connectivity index (χ0v) is 16.0. The number of fused-ring (bicyclic) bond motifs is 1. The molecule has 0 amide bonds. The Balaban J connectivity index is 0.00000225. The molecule has 4 rings (SSSR count). The van der Waals surface area contributed by atoms with E-state index in [1.165, 1.54) is 6.07 Å². The number of anilines is 1. The molecule has 1 aliphatic carbocycles. The third-order valence-corrected chi connectivity index (χ3v) is 5.54. The van der Waals surface area contributed by atoms with Gasteiger partial charge in [0.2, 0.25) is 0 Å². The summed E-state index contributed by atoms with van der Waals surface area (Å²) in [6.45, 7) is 2.33. The van der Waals surface area contributed by atoms with Gasteiger partial charge in [0, 0.05) is 13.1 Å². The molecule has 1 saturated carbocycles. The number of hydrogen-bond acceptors (Lipinski definition) is 4. The second-order valence-electron chi connectivity index (χ2n) is 7.34. The molecule has 2 N–H and O–H groups in total. The maximum Gasteiger partial charge on any atom is 0.341 e. The summed E-state index contributed by atoms with van der Waals surface area (Å²) in [5.41, 5.74) is 0.968. The van der Waals surface area contributed by atoms with Gasteiger partial charge in [0.05, 0.1) is 23.3 Å². The highest BCUT2D eigenvalue weighted by Gasteiger charge is 2.33. The van der Waals surface area contributed by atoms with Gasteiger partial charge in [0.25, 0.3) is 5.56 Å². The Kier molecular flexibility index (Phi) is 5.10. The van der Waals surface area contributed by atoms with E-state index in [4.69, 9.17) is 0 Å². The minimum Gasteiger partial charge on any atom is -0.481 e. The first-order chi connectivity index (χ1) is 12.8. The molecule has 9 heteroatoms. The minimum atomic E-state index is -1.33. The summed E-state index contributed by atoms with van der Waals surface area (Å²) < 4.78 is 16.0. The third kappa shape index (κ3) is 3.11. The Labute approximate surface area is 165 Å². The van der Waals surface area contributed by atoms with Crippen molar-refractivity contribution in [3.8, 4) is 0 Å². The average Bonchev–Trinajstić information content (AvgIpc) is 3.32. The number of nitrogens with zero attached hydrogens (tertiary/aromatic N) is 2. The van der Waals surface area contributed by atoms with Gasteiger partial charge in [-0.2, -0.15) is 0 Å². The summed E-state index contributed by atoms with van der Waals surface area (Å²) in [5, 5.41) is 18.5. The summed E-state index contributed by atoms with van der Waals surface area (Å²) in [5.74, 6) is -3.29. The van der Waals surface area contributed by atoms with Crippen LogP contribution in [-0.4, -0.2) is 39.6 Å². The quantitative estimate of drug-likeness (QED) is 0.803. The second kappa shape index (κ2) is 7.09. The van der Waals surface area contributed by atoms with Crippen molar-refractivity contribution in [3.63, 3.8) is 0 Å². The molecule has 0 spiro atoms. The molecule has 150 valence electrons. The van der Waals surface area contributed by atoms with Crippen molar-refractivity contribution in [3.05, 3.63) is 45.1 Å². The van der Waals surface area contributed by atoms with Crippen LogP contribution in [0.4, 0.5) is 10.1 Å². The highest BCUT2D eigenvalue weighted by atomic mass is 35.5. The van der Waals surface area contributed by atoms with Crippen LogP contribution >= 0.6 is 12.4 Å². The molecule has 1 aliphatic heterocycles. The van der Waals surface area contributed by atoms with Crippen molar-refractivity contribution in [2.24, 2.45) is 5.92 Å². The van der Waals surface area contributed by atoms with E-state index < -0.39 is 29.2 Å². The van der Waals surface area contributed by atoms with E-state index in [1.54, 1.807) is 11.8 Å². The largest absolute Gasteiger partial charge is 0.481 e. The summed E-state index contributed by atoms with van der Waals surface area (Å²) >= 11 is 0. The molecule has 2 aromatic heterocycles. The summed E-state index contributed by atoms with van der Waals surface area (Å²) in [7, 11) is 0. The lowest BCUT2D eigenvalue weighted by atomic mass is 10.0. The normalized spacial score (nSPS) is 18.9. The Morgan fingerprint density at radius 1 is 1.21 bits per heavy atom. The van der Waals surface area contributed by atoms with E-state index >= 15 is 0 Å². The molecule has 0 aromatic carbocycles. The highest BCUT2D eigenvalue weighted by molar-refractivity contribution is 5.89. The molecule has 0 bridgehead atoms. The molecule has 3 heterocycles. The van der Waals surface area contributed by atoms with Crippen molar-refractivity contribution >= 4 is 35.5 Å². The van der Waals surface area contributed by atoms with Crippen LogP contribution in [0.5, 0.6) is 0 Å². The molecule has 2 aliphatic rings. The monoisotopic (exact) mass is 410 g/mol. The molecular weight excluding hydrogens is 391 g/mol. The number of pyridine rings is 2. The number of carbonyl (C=O) groups is 2. The SMILES string of the molecule is Cc1c(N2CCC(C(=O)O)C2)c(F)cn2c(=O)c(C(=O)O)cc(C3CC3)c12.Cl. The van der Waals surface area contributed by atoms with E-state index in [1.807, 2.05) is 0 Å². The van der Waals surface area contributed by atoms with Crippen LogP contribution in [0.15, 0.2) is 17.1 Å². The number of aromatic carboxylic acids is 1. The number of halogens is 2. The number of aromatic nitrogens is 1. The Morgan fingerprint density at radius 3 is 2.43 bits per heavy atom. The Bertz CT molecular complexity index is 1050. The van der Waals surface area contributed by atoms with Crippen LogP contribution in [0, 0.1) is 18.7 Å². The predicted octanol–water partition coefficient (Wildman–Crippen LogP) is 2.66. The Hall–Kier alpha value is -2.61. The van der Waals surface area contributed by atoms with Gasteiger partial charge in [-0.25, -0.2) is 9.18 Å². The number of aliphatic carboxylic acids is 1. The molecule has 2 aromatic rings. The van der Waals surface area contributed by atoms with Gasteiger partial charge >= 0.3 is 11.9 Å². The smallest absolute Gasteiger partial charge is 0.341 e. The number of rotatable bonds is 4. The first-order valence-corrected chi connectivity index (χ1v) is 8.89. The van der Waals surface area contributed by atoms with Crippen molar-refractivity contribution < 1.29 is 24.2 Å². The van der Waals surface area contributed by atoms with E-state index in [9.17, 15) is 29.0 Å². The predicted molar refractivity (Wildman–Crippen MR) is 103 cm³/mol. The summed E-state index contributed by atoms with van der Waals surface area (Å²) in [6, 6.07) is 1.41. The molecule has 1 saturated heterocycles. The number of hydrogen-bond donors (Lipinski definition) is 2. The lowest BCUT2D eigenvalue weighted by molar-refractivity contribution is -0.140. The minimum absolute atomic E-state index is 0. The number of aryl methyl sites for hydroxylation is 1. The molecular formula is C19H20ClFN2O5. The molecule has 1 unspecified atom stereocenters. The zero-order chi connectivity index (χ0) is 19.5. The van der Waals surface area contributed by atoms with Crippen LogP contribution in [0.3, 0.4) is 0 Å². The fourth-order valence-electron chi connectivity index (χ4n) is 4.05. The van der Waals surface area contributed by atoms with Gasteiger partial charge in [-0.15, -0.1) is 12.4 Å². The summed E-state index contributed by atoms with van der Waals surface area (Å²) in [6.07, 6.45) is 3.25. The van der Waals surface area contributed by atoms with Crippen LogP contribution in [0.25, 0.3) is 5.52 Å². The topological polar surface area (TPSA) is 99.3 Å². The van der Waals surface area contributed by atoms with E-state index in [0.29, 0.717) is 29.7 Å². The first kappa shape index (κ1) is 20.1. The van der Waals surface area contributed by atoms with Crippen LogP contribution < -0.4 is 10.5 Å². The maximum atomic E-state index is 14.9. The lowest BCUT2D eigenvalue weighted by Gasteiger charge is -2.24. The molecule has 2 fully saturated rings. The van der Waals surface area contributed by atoms with Gasteiger partial charge in [-0.3, -0.25) is 14.0 Å². The standard InChI is InChI=1S/C19H19FN2O5.ClH/c1-9-15-12(10-2-3-10)6-13(19(26)27)17(23)22(15)8-14(20)16(9)21-5-4-11(7-21)18(24)25;/h6,8,10-11H,2-5,7H2,1H3,(H,24,25)(H,26,27);1H. The molecule has 28 heavy (non-hydrogen) atoms. The van der Waals surface area contributed by atoms with Crippen molar-refractivity contribution in [1.82, 2.24) is 4.40 Å². The highest BCUT2D eigenvalue weighted by Crippen LogP contribution is 2.44. The van der Waals surface area contributed by atoms with Crippen molar-refractivity contribution in [1.29, 1.82) is 0 Å². The van der Waals surface area contributed by atoms with Crippen LogP contribution in [0.2, 0.25) is 0 Å². The Morgan fingerprint density at radius 2 is 1.89 bits per heavy atom. The molecule has 0 radical (unpaired) electrons. The molecule has 7 nitrogen and oxygen atoms in total. The van der Waals surface area contributed by atoms with Crippen molar-refractivity contribution in [2.45, 2.75) is 32.1 Å². The van der Waals surface area contributed by atoms with Crippen molar-refractivity contribution in [2.75, 3.05) is 18.0 Å². The van der Waals surface area contributed by atoms with E-state index in [0.717, 1.165) is 29.0 Å². The fraction of sp³-hybridized carbons (Fsp3) is 0.421. The van der Waals surface area contributed by atoms with E-state index in [-0.39, 0.29) is 30.4 Å². The zero-order valence-electron chi connectivity index (χ0n) is 15.1. The van der Waals surface area contributed by atoms with Crippen LogP contribution in [-0.2, 0) is 4.79 Å². The van der Waals surface area contributed by atoms with Gasteiger partial charge in [0.1, 0.15) is 5.56 Å². The van der Waals surface area contributed by atoms with Gasteiger partial charge in [0.15, 0.2) is 5.82 Å². The van der Waals surface area contributed by atoms with Gasteiger partial charge in [-0.1, -0.05) is 0 Å². The van der Waals surface area contributed by atoms with Crippen LogP contribution in [0.1, 0.15) is 46.7 Å².